The molecule has 3 heterocycles. The average molecular weight is 584 g/mol. The molecule has 1 aliphatic rings. The average Bonchev–Trinajstić information content (AvgIpc) is 3.63. The lowest BCUT2D eigenvalue weighted by Gasteiger charge is -2.20. The highest BCUT2D eigenvalue weighted by molar-refractivity contribution is 7.25. The van der Waals surface area contributed by atoms with E-state index < -0.39 is 0 Å². The van der Waals surface area contributed by atoms with Gasteiger partial charge in [0.1, 0.15) is 0 Å². The summed E-state index contributed by atoms with van der Waals surface area (Å²) in [6, 6.07) is 51.7. The van der Waals surface area contributed by atoms with Crippen molar-refractivity contribution in [1.29, 1.82) is 0 Å². The molecule has 0 radical (unpaired) electrons. The van der Waals surface area contributed by atoms with Gasteiger partial charge < -0.3 is 0 Å². The van der Waals surface area contributed by atoms with Crippen LogP contribution in [-0.2, 0) is 0 Å². The lowest BCUT2D eigenvalue weighted by molar-refractivity contribution is -0.586. The maximum atomic E-state index is 5.37. The van der Waals surface area contributed by atoms with Crippen LogP contribution in [0.4, 0.5) is 0 Å². The molecule has 1 aliphatic heterocycles. The maximum Gasteiger partial charge on any atom is 0.240 e. The second-order valence-electron chi connectivity index (χ2n) is 11.2. The molecule has 0 saturated heterocycles. The molecule has 6 aromatic carbocycles. The minimum absolute atomic E-state index is 0.191. The van der Waals surface area contributed by atoms with E-state index in [1.54, 1.807) is 0 Å². The van der Waals surface area contributed by atoms with E-state index in [4.69, 9.17) is 9.98 Å². The van der Waals surface area contributed by atoms with Crippen molar-refractivity contribution in [3.05, 3.63) is 157 Å². The van der Waals surface area contributed by atoms with Crippen molar-refractivity contribution in [2.24, 2.45) is 9.98 Å². The first-order valence-corrected chi connectivity index (χ1v) is 15.7. The number of hydrogen-bond donors (Lipinski definition) is 1. The van der Waals surface area contributed by atoms with Crippen LogP contribution in [0, 0.1) is 0 Å². The van der Waals surface area contributed by atoms with Crippen LogP contribution in [0.5, 0.6) is 0 Å². The van der Waals surface area contributed by atoms with Gasteiger partial charge in [-0.25, -0.2) is 0 Å². The highest BCUT2D eigenvalue weighted by atomic mass is 32.1. The number of fused-ring (bicyclic) bond motifs is 6. The number of rotatable bonds is 3. The van der Waals surface area contributed by atoms with Crippen molar-refractivity contribution >= 4 is 65.1 Å². The number of nitrogens with zero attached hydrogens (tertiary/aromatic N) is 3. The standard InChI is InChI=1S/C39H26N4S/c1-3-12-25(13-4-1)27-16-11-17-28(22-27)38-40-37(26-14-5-2-6-15-26)41-39(42-38)43-33-20-9-7-18-29(33)31-24-36-32(23-34(31)43)30-19-8-10-21-35(30)44-36/h1-24,38H,(H,40,41,42)/p+1. The zero-order valence-corrected chi connectivity index (χ0v) is 24.6. The Bertz CT molecular complexity index is 2420. The molecule has 0 spiro atoms. The zero-order chi connectivity index (χ0) is 29.0. The molecule has 5 heteroatoms. The molecule has 2 aromatic heterocycles. The molecule has 0 aliphatic carbocycles. The smallest absolute Gasteiger partial charge is 0.240 e. The Morgan fingerprint density at radius 2 is 1.23 bits per heavy atom. The molecule has 2 N–H and O–H groups in total. The van der Waals surface area contributed by atoms with Crippen LogP contribution < -0.4 is 5.32 Å². The van der Waals surface area contributed by atoms with E-state index in [0.29, 0.717) is 5.96 Å². The monoisotopic (exact) mass is 583 g/mol. The molecule has 1 atom stereocenters. The van der Waals surface area contributed by atoms with Crippen molar-refractivity contribution in [3.63, 3.8) is 0 Å². The molecule has 0 amide bonds. The Morgan fingerprint density at radius 1 is 0.523 bits per heavy atom. The van der Waals surface area contributed by atoms with Gasteiger partial charge in [-0.2, -0.15) is 9.98 Å². The van der Waals surface area contributed by atoms with Crippen molar-refractivity contribution in [2.75, 3.05) is 0 Å². The first-order valence-electron chi connectivity index (χ1n) is 14.9. The molecule has 0 fully saturated rings. The van der Waals surface area contributed by atoms with Gasteiger partial charge in [-0.15, -0.1) is 11.3 Å². The van der Waals surface area contributed by atoms with Crippen molar-refractivity contribution in [3.8, 4) is 11.1 Å². The molecule has 1 unspecified atom stereocenters. The van der Waals surface area contributed by atoms with Gasteiger partial charge in [0.05, 0.1) is 16.6 Å². The predicted octanol–water partition coefficient (Wildman–Crippen LogP) is 8.76. The van der Waals surface area contributed by atoms with E-state index in [-0.39, 0.29) is 6.17 Å². The molecule has 8 aromatic rings. The van der Waals surface area contributed by atoms with Gasteiger partial charge in [-0.1, -0.05) is 103 Å². The SMILES string of the molecule is c1ccc(C2=NC(n3c4ccccc4c4cc5sc6ccccc6c5cc43)=NC(c3cccc(-c4ccccc4)c3)[NH2+]2)cc1. The number of thiophene rings is 1. The van der Waals surface area contributed by atoms with Crippen molar-refractivity contribution < 1.29 is 5.32 Å². The summed E-state index contributed by atoms with van der Waals surface area (Å²) in [5, 5.41) is 7.18. The second-order valence-corrected chi connectivity index (χ2v) is 12.3. The van der Waals surface area contributed by atoms with Gasteiger partial charge in [0, 0.05) is 36.5 Å². The van der Waals surface area contributed by atoms with Gasteiger partial charge >= 0.3 is 0 Å². The van der Waals surface area contributed by atoms with E-state index in [0.717, 1.165) is 28.0 Å². The number of quaternary nitrogens is 1. The van der Waals surface area contributed by atoms with Gasteiger partial charge in [-0.3, -0.25) is 9.88 Å². The lowest BCUT2D eigenvalue weighted by Crippen LogP contribution is -2.90. The van der Waals surface area contributed by atoms with Gasteiger partial charge in [0.15, 0.2) is 0 Å². The first-order chi connectivity index (χ1) is 21.8. The molecule has 0 bridgehead atoms. The fourth-order valence-electron chi connectivity index (χ4n) is 6.47. The third-order valence-electron chi connectivity index (χ3n) is 8.57. The molecular formula is C39H27N4S+. The summed E-state index contributed by atoms with van der Waals surface area (Å²) in [6.45, 7) is 0. The Morgan fingerprint density at radius 3 is 2.07 bits per heavy atom. The number of aliphatic imine (C=N–C) groups is 2. The minimum Gasteiger partial charge on any atom is -0.278 e. The Balaban J connectivity index is 1.29. The second kappa shape index (κ2) is 10.1. The number of amidine groups is 1. The normalized spacial score (nSPS) is 15.2. The molecular weight excluding hydrogens is 557 g/mol. The first kappa shape index (κ1) is 25.2. The Hall–Kier alpha value is -5.36. The van der Waals surface area contributed by atoms with Crippen LogP contribution in [0.2, 0.25) is 0 Å². The number of hydrogen-bond acceptors (Lipinski definition) is 3. The number of benzene rings is 6. The van der Waals surface area contributed by atoms with E-state index in [1.807, 2.05) is 17.4 Å². The summed E-state index contributed by atoms with van der Waals surface area (Å²) >= 11 is 1.85. The van der Waals surface area contributed by atoms with Crippen molar-refractivity contribution in [2.45, 2.75) is 6.17 Å². The summed E-state index contributed by atoms with van der Waals surface area (Å²) in [7, 11) is 0. The Kier molecular flexibility index (Phi) is 5.79. The van der Waals surface area contributed by atoms with Gasteiger partial charge in [-0.05, 0) is 53.6 Å². The Labute approximate surface area is 258 Å². The third kappa shape index (κ3) is 4.09. The summed E-state index contributed by atoms with van der Waals surface area (Å²) in [6.07, 6.45) is -0.191. The molecule has 0 saturated carbocycles. The highest BCUT2D eigenvalue weighted by Gasteiger charge is 2.28. The largest absolute Gasteiger partial charge is 0.278 e. The number of nitrogens with two attached hydrogens (primary N) is 1. The van der Waals surface area contributed by atoms with Crippen LogP contribution in [0.1, 0.15) is 17.3 Å². The van der Waals surface area contributed by atoms with Gasteiger partial charge in [0.25, 0.3) is 0 Å². The molecule has 208 valence electrons. The summed E-state index contributed by atoms with van der Waals surface area (Å²) < 4.78 is 4.86. The van der Waals surface area contributed by atoms with E-state index in [9.17, 15) is 0 Å². The van der Waals surface area contributed by atoms with Crippen molar-refractivity contribution in [1.82, 2.24) is 4.57 Å². The third-order valence-corrected chi connectivity index (χ3v) is 9.70. The molecule has 4 nitrogen and oxygen atoms in total. The van der Waals surface area contributed by atoms with Crippen LogP contribution >= 0.6 is 11.3 Å². The lowest BCUT2D eigenvalue weighted by atomic mass is 10.0. The minimum atomic E-state index is -0.191. The summed E-state index contributed by atoms with van der Waals surface area (Å²) in [5.74, 6) is 1.63. The summed E-state index contributed by atoms with van der Waals surface area (Å²) in [5.41, 5.74) is 6.82. The van der Waals surface area contributed by atoms with Crippen LogP contribution in [0.25, 0.3) is 53.1 Å². The maximum absolute atomic E-state index is 5.37. The van der Waals surface area contributed by atoms with Crippen LogP contribution in [-0.4, -0.2) is 16.4 Å². The fourth-order valence-corrected chi connectivity index (χ4v) is 7.60. The predicted molar refractivity (Wildman–Crippen MR) is 185 cm³/mol. The van der Waals surface area contributed by atoms with E-state index >= 15 is 0 Å². The van der Waals surface area contributed by atoms with Gasteiger partial charge in [0.2, 0.25) is 18.0 Å². The highest BCUT2D eigenvalue weighted by Crippen LogP contribution is 2.39. The zero-order valence-electron chi connectivity index (χ0n) is 23.8. The number of para-hydroxylation sites is 1. The van der Waals surface area contributed by atoms with Crippen LogP contribution in [0.15, 0.2) is 156 Å². The molecule has 44 heavy (non-hydrogen) atoms. The fraction of sp³-hybridized carbons (Fsp3) is 0.0256. The number of aromatic nitrogens is 1. The van der Waals surface area contributed by atoms with E-state index in [2.05, 4.69) is 149 Å². The van der Waals surface area contributed by atoms with Crippen LogP contribution in [0.3, 0.4) is 0 Å². The topological polar surface area (TPSA) is 46.3 Å². The molecule has 9 rings (SSSR count). The quantitative estimate of drug-likeness (QED) is 0.216. The van der Waals surface area contributed by atoms with E-state index in [1.165, 1.54) is 42.1 Å². The summed E-state index contributed by atoms with van der Waals surface area (Å²) in [4.78, 5) is 10.6.